The van der Waals surface area contributed by atoms with Crippen molar-refractivity contribution in [3.63, 3.8) is 0 Å². The minimum Gasteiger partial charge on any atom is -0.444 e. The predicted molar refractivity (Wildman–Crippen MR) is 165 cm³/mol. The van der Waals surface area contributed by atoms with Crippen LogP contribution in [0.3, 0.4) is 0 Å². The molecule has 3 aliphatic heterocycles. The first-order valence-corrected chi connectivity index (χ1v) is 16.8. The van der Waals surface area contributed by atoms with Crippen LogP contribution in [0.4, 0.5) is 4.79 Å². The molecule has 1 aromatic rings. The summed E-state index contributed by atoms with van der Waals surface area (Å²) < 4.78 is 38.7. The van der Waals surface area contributed by atoms with Gasteiger partial charge in [0.2, 0.25) is 21.8 Å². The molecule has 5 aliphatic rings. The van der Waals surface area contributed by atoms with Gasteiger partial charge in [-0.25, -0.2) is 13.2 Å². The fraction of sp³-hybridized carbons (Fsp3) is 0.586. The summed E-state index contributed by atoms with van der Waals surface area (Å²) in [7, 11) is -3.87. The molecule has 5 atom stereocenters. The molecule has 2 aliphatic carbocycles. The number of rotatable bonds is 4. The Balaban J connectivity index is 0.00000400. The lowest BCUT2D eigenvalue weighted by atomic mass is 10.1. The molecule has 4 N–H and O–H groups in total. The number of amides is 4. The van der Waals surface area contributed by atoms with E-state index in [0.717, 1.165) is 11.1 Å². The van der Waals surface area contributed by atoms with E-state index >= 15 is 0 Å². The number of halogens is 2. The smallest absolute Gasteiger partial charge is 0.410 e. The normalized spacial score (nSPS) is 30.8. The number of carbonyl (C=O) groups is 4. The van der Waals surface area contributed by atoms with Gasteiger partial charge in [0.15, 0.2) is 0 Å². The van der Waals surface area contributed by atoms with Crippen molar-refractivity contribution in [2.24, 2.45) is 11.7 Å². The molecule has 0 bridgehead atoms. The summed E-state index contributed by atoms with van der Waals surface area (Å²) in [5, 5.41) is 2.70. The average Bonchev–Trinajstić information content (AvgIpc) is 3.86. The van der Waals surface area contributed by atoms with Gasteiger partial charge in [-0.05, 0) is 49.3 Å². The van der Waals surface area contributed by atoms with Gasteiger partial charge >= 0.3 is 6.09 Å². The monoisotopic (exact) mass is 685 g/mol. The molecule has 16 heteroatoms. The molecule has 0 aromatic heterocycles. The number of hydrogen-bond acceptors (Lipinski definition) is 9. The van der Waals surface area contributed by atoms with Crippen LogP contribution in [0.5, 0.6) is 0 Å². The van der Waals surface area contributed by atoms with Crippen LogP contribution in [-0.2, 0) is 47.0 Å². The maximum atomic E-state index is 13.8. The Morgan fingerprint density at radius 2 is 1.96 bits per heavy atom. The summed E-state index contributed by atoms with van der Waals surface area (Å²) in [4.78, 5) is 56.7. The highest BCUT2D eigenvalue weighted by molar-refractivity contribution is 7.91. The second kappa shape index (κ2) is 13.1. The number of benzene rings is 1. The molecule has 1 aromatic carbocycles. The molecule has 13 nitrogen and oxygen atoms in total. The summed E-state index contributed by atoms with van der Waals surface area (Å²) in [6.07, 6.45) is 3.98. The highest BCUT2D eigenvalue weighted by Gasteiger charge is 2.62. The summed E-state index contributed by atoms with van der Waals surface area (Å²) in [6, 6.07) is 3.44. The second-order valence-electron chi connectivity index (χ2n) is 12.2. The lowest BCUT2D eigenvalue weighted by Crippen LogP contribution is -2.57. The SMILES string of the molecule is Cl.N[C@H]1CCCOC/C=C\[C@@H]2C[C@@]2(C(=O)NS(=O)(=O)C2CC2)NC(=O)[C@@H]2C[C@@H](OC(=O)N3Cc4cccc(Cl)c4C3)CN2C1=O. The molecule has 0 unspecified atom stereocenters. The molecular formula is C29H37Cl2N5O8S. The largest absolute Gasteiger partial charge is 0.444 e. The molecule has 3 fully saturated rings. The first kappa shape index (κ1) is 33.5. The molecule has 0 spiro atoms. The third-order valence-electron chi connectivity index (χ3n) is 8.97. The molecule has 4 amide bonds. The van der Waals surface area contributed by atoms with Crippen LogP contribution >= 0.6 is 24.0 Å². The highest BCUT2D eigenvalue weighted by Crippen LogP contribution is 2.46. The Morgan fingerprint density at radius 3 is 2.69 bits per heavy atom. The number of nitrogens with two attached hydrogens (primary N) is 1. The van der Waals surface area contributed by atoms with E-state index in [9.17, 15) is 27.6 Å². The number of nitrogens with zero attached hydrogens (tertiary/aromatic N) is 2. The van der Waals surface area contributed by atoms with Gasteiger partial charge in [0.1, 0.15) is 17.7 Å². The Labute approximate surface area is 272 Å². The molecular weight excluding hydrogens is 649 g/mol. The van der Waals surface area contributed by atoms with Crippen molar-refractivity contribution >= 4 is 57.8 Å². The van der Waals surface area contributed by atoms with Gasteiger partial charge in [0.25, 0.3) is 5.91 Å². The quantitative estimate of drug-likeness (QED) is 0.395. The summed E-state index contributed by atoms with van der Waals surface area (Å²) in [6.45, 7) is 1.13. The number of nitrogens with one attached hydrogen (secondary N) is 2. The predicted octanol–water partition coefficient (Wildman–Crippen LogP) is 1.36. The second-order valence-corrected chi connectivity index (χ2v) is 14.5. The standard InChI is InChI=1S/C29H36ClN5O8S.ClH/c30-22-6-1-4-17-14-34(16-21(17)22)28(39)43-19-12-24-25(36)32-29(27(38)33-44(40,41)20-8-9-20)13-18(29)5-2-10-42-11-3-7-23(31)26(37)35(24)15-19;/h1-2,4-6,18-20,23-24H,3,7-16,31H2,(H,32,36)(H,33,38);1H/b5-2-;/t18-,19-,23+,24+,29-;/m1./s1. The van der Waals surface area contributed by atoms with Crippen LogP contribution in [0.25, 0.3) is 0 Å². The zero-order valence-electron chi connectivity index (χ0n) is 24.5. The number of fused-ring (bicyclic) bond motifs is 3. The topological polar surface area (TPSA) is 177 Å². The first-order valence-electron chi connectivity index (χ1n) is 14.9. The Hall–Kier alpha value is -2.91. The van der Waals surface area contributed by atoms with Crippen LogP contribution in [-0.4, -0.2) is 90.8 Å². The van der Waals surface area contributed by atoms with E-state index in [1.165, 1.54) is 9.80 Å². The van der Waals surface area contributed by atoms with Crippen LogP contribution < -0.4 is 15.8 Å². The number of sulfonamides is 1. The van der Waals surface area contributed by atoms with E-state index < -0.39 is 68.7 Å². The van der Waals surface area contributed by atoms with Crippen LogP contribution in [0.2, 0.25) is 5.02 Å². The molecule has 1 saturated heterocycles. The van der Waals surface area contributed by atoms with Crippen molar-refractivity contribution in [3.8, 4) is 0 Å². The van der Waals surface area contributed by atoms with Gasteiger partial charge in [-0.1, -0.05) is 35.9 Å². The van der Waals surface area contributed by atoms with E-state index in [2.05, 4.69) is 10.0 Å². The Kier molecular flexibility index (Phi) is 9.71. The van der Waals surface area contributed by atoms with Gasteiger partial charge in [-0.15, -0.1) is 12.4 Å². The van der Waals surface area contributed by atoms with Crippen LogP contribution in [0, 0.1) is 5.92 Å². The van der Waals surface area contributed by atoms with Crippen molar-refractivity contribution < 1.29 is 37.1 Å². The molecule has 6 rings (SSSR count). The Morgan fingerprint density at radius 1 is 1.18 bits per heavy atom. The maximum absolute atomic E-state index is 13.8. The lowest BCUT2D eigenvalue weighted by Gasteiger charge is -2.28. The van der Waals surface area contributed by atoms with Crippen molar-refractivity contribution in [3.05, 3.63) is 46.5 Å². The third kappa shape index (κ3) is 6.94. The molecule has 45 heavy (non-hydrogen) atoms. The van der Waals surface area contributed by atoms with Crippen molar-refractivity contribution in [1.82, 2.24) is 19.8 Å². The highest BCUT2D eigenvalue weighted by atomic mass is 35.5. The minimum atomic E-state index is -3.87. The lowest BCUT2D eigenvalue weighted by molar-refractivity contribution is -0.140. The van der Waals surface area contributed by atoms with Crippen molar-refractivity contribution in [2.45, 2.75) is 80.6 Å². The number of carbonyl (C=O) groups excluding carboxylic acids is 4. The van der Waals surface area contributed by atoms with E-state index in [-0.39, 0.29) is 44.9 Å². The number of ether oxygens (including phenoxy) is 2. The van der Waals surface area contributed by atoms with Crippen LogP contribution in [0.1, 0.15) is 49.7 Å². The van der Waals surface area contributed by atoms with Gasteiger partial charge in [-0.2, -0.15) is 0 Å². The number of hydrogen-bond donors (Lipinski definition) is 3. The average molecular weight is 687 g/mol. The first-order chi connectivity index (χ1) is 21.0. The van der Waals surface area contributed by atoms with E-state index in [4.69, 9.17) is 26.8 Å². The summed E-state index contributed by atoms with van der Waals surface area (Å²) >= 11 is 6.30. The van der Waals surface area contributed by atoms with Gasteiger partial charge in [0, 0.05) is 30.5 Å². The van der Waals surface area contributed by atoms with Gasteiger partial charge in [-0.3, -0.25) is 24.0 Å². The van der Waals surface area contributed by atoms with E-state index in [1.54, 1.807) is 18.2 Å². The molecule has 3 heterocycles. The Bertz CT molecular complexity index is 1510. The molecule has 0 radical (unpaired) electrons. The van der Waals surface area contributed by atoms with Crippen LogP contribution in [0.15, 0.2) is 30.4 Å². The fourth-order valence-corrected chi connectivity index (χ4v) is 7.80. The fourth-order valence-electron chi connectivity index (χ4n) is 6.18. The zero-order chi connectivity index (χ0) is 31.2. The maximum Gasteiger partial charge on any atom is 0.410 e. The van der Waals surface area contributed by atoms with Gasteiger partial charge < -0.3 is 25.4 Å². The third-order valence-corrected chi connectivity index (χ3v) is 11.1. The van der Waals surface area contributed by atoms with Crippen molar-refractivity contribution in [2.75, 3.05) is 19.8 Å². The van der Waals surface area contributed by atoms with E-state index in [1.807, 2.05) is 12.1 Å². The van der Waals surface area contributed by atoms with E-state index in [0.29, 0.717) is 43.9 Å². The van der Waals surface area contributed by atoms with Crippen molar-refractivity contribution in [1.29, 1.82) is 0 Å². The molecule has 2 saturated carbocycles. The summed E-state index contributed by atoms with van der Waals surface area (Å²) in [5.41, 5.74) is 6.48. The zero-order valence-corrected chi connectivity index (χ0v) is 26.9. The molecule has 246 valence electrons. The minimum absolute atomic E-state index is 0. The summed E-state index contributed by atoms with van der Waals surface area (Å²) in [5.74, 6) is -2.43. The van der Waals surface area contributed by atoms with Gasteiger partial charge in [0.05, 0.1) is 31.0 Å².